The van der Waals surface area contributed by atoms with Gasteiger partial charge in [-0.1, -0.05) is 23.9 Å². The minimum atomic E-state index is -2.50. The molecule has 0 heterocycles. The maximum Gasteiger partial charge on any atom is 0.183 e. The van der Waals surface area contributed by atoms with Crippen molar-refractivity contribution >= 4 is 41.0 Å². The number of nitrogen functional groups attached to an aromatic ring is 1. The third kappa shape index (κ3) is 2.86. The standard InChI is InChI=1S/C9H16B3NO4S/c10-8(11,15)7(14,9(12,16)17)18-6-4-2-1-3-5(6)13/h1-4,14-17H,10-13H2. The van der Waals surface area contributed by atoms with Gasteiger partial charge in [-0.3, -0.25) is 0 Å². The molecule has 1 unspecified atom stereocenters. The summed E-state index contributed by atoms with van der Waals surface area (Å²) in [6.07, 6.45) is 0. The Morgan fingerprint density at radius 3 is 1.89 bits per heavy atom. The average Bonchev–Trinajstić information content (AvgIpc) is 2.18. The Morgan fingerprint density at radius 1 is 1.00 bits per heavy atom. The third-order valence-electron chi connectivity index (χ3n) is 2.65. The van der Waals surface area contributed by atoms with E-state index in [0.29, 0.717) is 22.3 Å². The first-order chi connectivity index (χ1) is 7.99. The van der Waals surface area contributed by atoms with Gasteiger partial charge >= 0.3 is 0 Å². The number of rotatable bonds is 4. The molecular weight excluding hydrogens is 251 g/mol. The topological polar surface area (TPSA) is 107 Å². The molecule has 1 rings (SSSR count). The van der Waals surface area contributed by atoms with Gasteiger partial charge in [0, 0.05) is 16.0 Å². The van der Waals surface area contributed by atoms with Gasteiger partial charge < -0.3 is 26.2 Å². The lowest BCUT2D eigenvalue weighted by Crippen LogP contribution is -2.67. The maximum atomic E-state index is 10.4. The molecule has 1 atom stereocenters. The lowest BCUT2D eigenvalue weighted by Gasteiger charge is -2.45. The van der Waals surface area contributed by atoms with Crippen LogP contribution in [0.15, 0.2) is 29.2 Å². The van der Waals surface area contributed by atoms with E-state index in [9.17, 15) is 20.4 Å². The van der Waals surface area contributed by atoms with E-state index in [2.05, 4.69) is 0 Å². The highest BCUT2D eigenvalue weighted by Gasteiger charge is 2.55. The number of hydrogen-bond donors (Lipinski definition) is 5. The van der Waals surface area contributed by atoms with E-state index >= 15 is 0 Å². The summed E-state index contributed by atoms with van der Waals surface area (Å²) in [4.78, 5) is -1.77. The maximum absolute atomic E-state index is 10.4. The zero-order valence-corrected chi connectivity index (χ0v) is 11.4. The van der Waals surface area contributed by atoms with Crippen molar-refractivity contribution in [2.24, 2.45) is 0 Å². The van der Waals surface area contributed by atoms with Crippen LogP contribution in [0.25, 0.3) is 0 Å². The molecule has 18 heavy (non-hydrogen) atoms. The Balaban J connectivity index is 3.21. The second-order valence-electron chi connectivity index (χ2n) is 4.86. The van der Waals surface area contributed by atoms with Gasteiger partial charge in [-0.05, 0) is 12.1 Å². The molecule has 0 fully saturated rings. The van der Waals surface area contributed by atoms with E-state index in [1.54, 1.807) is 24.3 Å². The second kappa shape index (κ2) is 4.83. The van der Waals surface area contributed by atoms with Crippen LogP contribution in [0.1, 0.15) is 0 Å². The van der Waals surface area contributed by atoms with Crippen molar-refractivity contribution in [1.82, 2.24) is 0 Å². The van der Waals surface area contributed by atoms with Crippen LogP contribution >= 0.6 is 11.8 Å². The highest BCUT2D eigenvalue weighted by Crippen LogP contribution is 2.43. The Bertz CT molecular complexity index is 419. The van der Waals surface area contributed by atoms with E-state index in [1.165, 1.54) is 15.7 Å². The minimum Gasteiger partial charge on any atom is -0.404 e. The first kappa shape index (κ1) is 15.5. The first-order valence-electron chi connectivity index (χ1n) is 5.42. The fourth-order valence-electron chi connectivity index (χ4n) is 1.53. The van der Waals surface area contributed by atoms with Crippen molar-refractivity contribution < 1.29 is 20.4 Å². The molecular formula is C9H16B3NO4S. The van der Waals surface area contributed by atoms with E-state index < -0.39 is 16.0 Å². The van der Waals surface area contributed by atoms with Gasteiger partial charge in [-0.25, -0.2) is 0 Å². The lowest BCUT2D eigenvalue weighted by molar-refractivity contribution is -0.204. The van der Waals surface area contributed by atoms with Crippen molar-refractivity contribution in [3.63, 3.8) is 0 Å². The SMILES string of the molecule is BC(B)(O)C(O)(Sc1ccccc1N)C(B)(O)O. The van der Waals surface area contributed by atoms with Crippen LogP contribution in [0.4, 0.5) is 5.69 Å². The molecule has 0 spiro atoms. The Kier molecular flexibility index (Phi) is 4.14. The number of para-hydroxylation sites is 1. The molecule has 0 aromatic heterocycles. The summed E-state index contributed by atoms with van der Waals surface area (Å²) >= 11 is 0.712. The first-order valence-corrected chi connectivity index (χ1v) is 6.24. The average molecular weight is 267 g/mol. The number of nitrogens with two attached hydrogens (primary N) is 1. The third-order valence-corrected chi connectivity index (χ3v) is 4.42. The molecule has 0 bridgehead atoms. The molecule has 0 aliphatic heterocycles. The monoisotopic (exact) mass is 267 g/mol. The minimum absolute atomic E-state index is 0.384. The summed E-state index contributed by atoms with van der Waals surface area (Å²) in [6.45, 7) is 0. The molecule has 0 radical (unpaired) electrons. The predicted octanol–water partition coefficient (Wildman–Crippen LogP) is -3.77. The summed E-state index contributed by atoms with van der Waals surface area (Å²) in [5, 5.41) is 38.1. The van der Waals surface area contributed by atoms with Gasteiger partial charge in [-0.15, -0.1) is 0 Å². The van der Waals surface area contributed by atoms with Crippen LogP contribution in [-0.4, -0.2) is 60.0 Å². The molecule has 1 aromatic rings. The van der Waals surface area contributed by atoms with Gasteiger partial charge in [0.2, 0.25) is 0 Å². The fraction of sp³-hybridized carbons (Fsp3) is 0.333. The van der Waals surface area contributed by atoms with Gasteiger partial charge in [0.1, 0.15) is 15.7 Å². The van der Waals surface area contributed by atoms with Gasteiger partial charge in [0.15, 0.2) is 18.5 Å². The summed E-state index contributed by atoms with van der Waals surface area (Å²) in [6, 6.07) is 6.68. The van der Waals surface area contributed by atoms with Crippen molar-refractivity contribution in [3.05, 3.63) is 24.3 Å². The highest BCUT2D eigenvalue weighted by molar-refractivity contribution is 8.01. The van der Waals surface area contributed by atoms with E-state index in [1.807, 2.05) is 0 Å². The van der Waals surface area contributed by atoms with Crippen LogP contribution in [0.2, 0.25) is 0 Å². The van der Waals surface area contributed by atoms with Gasteiger partial charge in [-0.2, -0.15) is 0 Å². The molecule has 9 heteroatoms. The molecule has 1 aromatic carbocycles. The smallest absolute Gasteiger partial charge is 0.183 e. The summed E-state index contributed by atoms with van der Waals surface area (Å²) in [7, 11) is 3.60. The number of aliphatic hydroxyl groups is 4. The van der Waals surface area contributed by atoms with Crippen LogP contribution in [0.3, 0.4) is 0 Å². The predicted molar refractivity (Wildman–Crippen MR) is 79.4 cm³/mol. The van der Waals surface area contributed by atoms with Crippen LogP contribution in [-0.2, 0) is 0 Å². The summed E-state index contributed by atoms with van der Waals surface area (Å²) in [5.41, 5.74) is 3.62. The van der Waals surface area contributed by atoms with E-state index in [4.69, 9.17) is 5.73 Å². The lowest BCUT2D eigenvalue weighted by atomic mass is 9.57. The Morgan fingerprint density at radius 2 is 1.50 bits per heavy atom. The molecule has 0 aliphatic carbocycles. The number of benzene rings is 1. The zero-order chi connectivity index (χ0) is 14.2. The quantitative estimate of drug-likeness (QED) is 0.166. The molecule has 0 amide bonds. The van der Waals surface area contributed by atoms with Gasteiger partial charge in [0.05, 0.1) is 0 Å². The molecule has 96 valence electrons. The van der Waals surface area contributed by atoms with Crippen LogP contribution in [0, 0.1) is 0 Å². The zero-order valence-electron chi connectivity index (χ0n) is 10.6. The van der Waals surface area contributed by atoms with Crippen LogP contribution in [0.5, 0.6) is 0 Å². The van der Waals surface area contributed by atoms with Crippen molar-refractivity contribution in [2.75, 3.05) is 5.73 Å². The van der Waals surface area contributed by atoms with Crippen molar-refractivity contribution in [2.45, 2.75) is 20.9 Å². The Labute approximate surface area is 113 Å². The van der Waals surface area contributed by atoms with Crippen LogP contribution < -0.4 is 5.73 Å². The molecule has 0 saturated carbocycles. The molecule has 5 nitrogen and oxygen atoms in total. The second-order valence-corrected chi connectivity index (χ2v) is 6.10. The molecule has 0 saturated heterocycles. The van der Waals surface area contributed by atoms with Crippen molar-refractivity contribution in [3.8, 4) is 0 Å². The van der Waals surface area contributed by atoms with E-state index in [0.717, 1.165) is 7.85 Å². The van der Waals surface area contributed by atoms with Crippen molar-refractivity contribution in [1.29, 1.82) is 0 Å². The summed E-state index contributed by atoms with van der Waals surface area (Å²) < 4.78 is 0. The normalized spacial score (nSPS) is 16.2. The molecule has 6 N–H and O–H groups in total. The van der Waals surface area contributed by atoms with E-state index in [-0.39, 0.29) is 0 Å². The Hall–Kier alpha value is -0.595. The fourth-order valence-corrected chi connectivity index (χ4v) is 2.63. The number of thioether (sulfide) groups is 1. The molecule has 0 aliphatic rings. The summed E-state index contributed by atoms with van der Waals surface area (Å²) in [5.74, 6) is 0. The largest absolute Gasteiger partial charge is 0.404 e. The van der Waals surface area contributed by atoms with Gasteiger partial charge in [0.25, 0.3) is 0 Å². The number of anilines is 1. The number of hydrogen-bond acceptors (Lipinski definition) is 6. The highest BCUT2D eigenvalue weighted by atomic mass is 32.2.